The maximum absolute atomic E-state index is 6.08. The van der Waals surface area contributed by atoms with Gasteiger partial charge in [0.05, 0.1) is 0 Å². The van der Waals surface area contributed by atoms with Crippen LogP contribution in [0.15, 0.2) is 38.9 Å². The fourth-order valence-corrected chi connectivity index (χ4v) is 3.75. The van der Waals surface area contributed by atoms with E-state index in [0.29, 0.717) is 0 Å². The van der Waals surface area contributed by atoms with Gasteiger partial charge in [0.25, 0.3) is 0 Å². The largest absolute Gasteiger partial charge is 0.461 e. The first-order valence-electron chi connectivity index (χ1n) is 8.65. The van der Waals surface area contributed by atoms with Gasteiger partial charge in [-0.2, -0.15) is 0 Å². The molecular formula is C20H24N2O. The van der Waals surface area contributed by atoms with Crippen molar-refractivity contribution in [1.82, 2.24) is 4.90 Å². The molecule has 4 rings (SSSR count). The Morgan fingerprint density at radius 3 is 3.00 bits per heavy atom. The van der Waals surface area contributed by atoms with Gasteiger partial charge in [0.1, 0.15) is 11.3 Å². The summed E-state index contributed by atoms with van der Waals surface area (Å²) >= 11 is 0. The standard InChI is InChI=1S/C20H24N2O/c1-14-5-6-17-18-13-22(11-8-19(18)23-20(17)12-14)10-7-16-4-3-9-21-15(16)2/h5-6,9,12H,3-4,7-8,10-11,13H2,1-2H3. The second kappa shape index (κ2) is 5.97. The zero-order chi connectivity index (χ0) is 15.8. The van der Waals surface area contributed by atoms with Crippen molar-refractivity contribution in [1.29, 1.82) is 0 Å². The van der Waals surface area contributed by atoms with E-state index in [4.69, 9.17) is 4.42 Å². The number of benzene rings is 1. The minimum absolute atomic E-state index is 1.01. The second-order valence-electron chi connectivity index (χ2n) is 6.82. The van der Waals surface area contributed by atoms with Crippen molar-refractivity contribution in [3.05, 3.63) is 46.4 Å². The molecule has 0 atom stereocenters. The quantitative estimate of drug-likeness (QED) is 0.827. The SMILES string of the molecule is CC1=C(CCN2CCc3oc4cc(C)ccc4c3C2)CCC=N1. The summed E-state index contributed by atoms with van der Waals surface area (Å²) in [6.07, 6.45) is 6.50. The number of furan rings is 1. The van der Waals surface area contributed by atoms with E-state index in [1.54, 1.807) is 0 Å². The molecule has 120 valence electrons. The lowest BCUT2D eigenvalue weighted by atomic mass is 10.0. The predicted molar refractivity (Wildman–Crippen MR) is 95.0 cm³/mol. The first kappa shape index (κ1) is 14.7. The summed E-state index contributed by atoms with van der Waals surface area (Å²) in [6.45, 7) is 7.50. The highest BCUT2D eigenvalue weighted by molar-refractivity contribution is 5.83. The molecule has 0 saturated heterocycles. The van der Waals surface area contributed by atoms with Crippen LogP contribution in [0.2, 0.25) is 0 Å². The van der Waals surface area contributed by atoms with Crippen LogP contribution in [0.25, 0.3) is 11.0 Å². The number of rotatable bonds is 3. The Morgan fingerprint density at radius 1 is 1.22 bits per heavy atom. The van der Waals surface area contributed by atoms with Gasteiger partial charge >= 0.3 is 0 Å². The Bertz CT molecular complexity index is 797. The molecule has 1 aromatic carbocycles. The molecule has 2 aliphatic rings. The second-order valence-corrected chi connectivity index (χ2v) is 6.82. The van der Waals surface area contributed by atoms with Gasteiger partial charge in [-0.1, -0.05) is 12.1 Å². The molecule has 0 saturated carbocycles. The number of nitrogens with zero attached hydrogens (tertiary/aromatic N) is 2. The molecule has 3 heterocycles. The molecule has 0 unspecified atom stereocenters. The molecule has 23 heavy (non-hydrogen) atoms. The van der Waals surface area contributed by atoms with Crippen molar-refractivity contribution in [2.24, 2.45) is 4.99 Å². The fourth-order valence-electron chi connectivity index (χ4n) is 3.75. The zero-order valence-electron chi connectivity index (χ0n) is 14.1. The van der Waals surface area contributed by atoms with Crippen LogP contribution in [0, 0.1) is 6.92 Å². The molecule has 0 bridgehead atoms. The number of hydrogen-bond donors (Lipinski definition) is 0. The summed E-state index contributed by atoms with van der Waals surface area (Å²) in [7, 11) is 0. The van der Waals surface area contributed by atoms with Crippen molar-refractivity contribution in [2.45, 2.75) is 46.1 Å². The number of allylic oxidation sites excluding steroid dienone is 1. The summed E-state index contributed by atoms with van der Waals surface area (Å²) in [5.41, 5.74) is 6.49. The van der Waals surface area contributed by atoms with Gasteiger partial charge in [0.15, 0.2) is 0 Å². The van der Waals surface area contributed by atoms with Crippen LogP contribution in [0.4, 0.5) is 0 Å². The first-order chi connectivity index (χ1) is 11.2. The predicted octanol–water partition coefficient (Wildman–Crippen LogP) is 4.63. The number of hydrogen-bond acceptors (Lipinski definition) is 3. The lowest BCUT2D eigenvalue weighted by Gasteiger charge is -2.27. The maximum atomic E-state index is 6.08. The van der Waals surface area contributed by atoms with E-state index in [1.807, 2.05) is 6.21 Å². The van der Waals surface area contributed by atoms with Gasteiger partial charge < -0.3 is 4.42 Å². The Kier molecular flexibility index (Phi) is 3.82. The van der Waals surface area contributed by atoms with Crippen molar-refractivity contribution in [2.75, 3.05) is 13.1 Å². The van der Waals surface area contributed by atoms with E-state index in [0.717, 1.165) is 44.5 Å². The smallest absolute Gasteiger partial charge is 0.134 e. The molecule has 0 N–H and O–H groups in total. The van der Waals surface area contributed by atoms with Gasteiger partial charge in [0, 0.05) is 48.9 Å². The van der Waals surface area contributed by atoms with Crippen LogP contribution in [0.5, 0.6) is 0 Å². The molecular weight excluding hydrogens is 284 g/mol. The van der Waals surface area contributed by atoms with Gasteiger partial charge in [-0.15, -0.1) is 0 Å². The molecule has 0 fully saturated rings. The van der Waals surface area contributed by atoms with E-state index >= 15 is 0 Å². The van der Waals surface area contributed by atoms with Crippen LogP contribution < -0.4 is 0 Å². The van der Waals surface area contributed by atoms with Gasteiger partial charge in [0.2, 0.25) is 0 Å². The minimum atomic E-state index is 1.01. The number of aliphatic imine (C=N–C) groups is 1. The third kappa shape index (κ3) is 2.86. The van der Waals surface area contributed by atoms with Crippen molar-refractivity contribution in [3.8, 4) is 0 Å². The van der Waals surface area contributed by atoms with Crippen LogP contribution in [-0.2, 0) is 13.0 Å². The lowest BCUT2D eigenvalue weighted by molar-refractivity contribution is 0.246. The van der Waals surface area contributed by atoms with E-state index < -0.39 is 0 Å². The van der Waals surface area contributed by atoms with E-state index in [2.05, 4.69) is 41.9 Å². The Hall–Kier alpha value is -1.87. The van der Waals surface area contributed by atoms with Gasteiger partial charge in [-0.25, -0.2) is 0 Å². The average molecular weight is 308 g/mol. The van der Waals surface area contributed by atoms with E-state index in [1.165, 1.54) is 40.0 Å². The molecule has 3 heteroatoms. The number of aryl methyl sites for hydroxylation is 1. The minimum Gasteiger partial charge on any atom is -0.461 e. The van der Waals surface area contributed by atoms with Crippen molar-refractivity contribution >= 4 is 17.2 Å². The summed E-state index contributed by atoms with van der Waals surface area (Å²) in [5, 5.41) is 1.30. The summed E-state index contributed by atoms with van der Waals surface area (Å²) < 4.78 is 6.08. The molecule has 2 aliphatic heterocycles. The van der Waals surface area contributed by atoms with Crippen LogP contribution in [-0.4, -0.2) is 24.2 Å². The molecule has 0 radical (unpaired) electrons. The summed E-state index contributed by atoms with van der Waals surface area (Å²) in [5.74, 6) is 1.19. The average Bonchev–Trinajstić information content (AvgIpc) is 2.90. The molecule has 1 aromatic heterocycles. The van der Waals surface area contributed by atoms with Gasteiger partial charge in [-0.05, 0) is 50.3 Å². The highest BCUT2D eigenvalue weighted by atomic mass is 16.3. The fraction of sp³-hybridized carbons (Fsp3) is 0.450. The van der Waals surface area contributed by atoms with Crippen LogP contribution in [0.1, 0.15) is 43.1 Å². The van der Waals surface area contributed by atoms with Gasteiger partial charge in [-0.3, -0.25) is 9.89 Å². The highest BCUT2D eigenvalue weighted by Crippen LogP contribution is 2.31. The molecule has 2 aromatic rings. The maximum Gasteiger partial charge on any atom is 0.134 e. The Balaban J connectivity index is 1.50. The summed E-state index contributed by atoms with van der Waals surface area (Å²) in [6, 6.07) is 6.57. The Morgan fingerprint density at radius 2 is 2.13 bits per heavy atom. The normalized spacial score (nSPS) is 18.7. The van der Waals surface area contributed by atoms with Crippen molar-refractivity contribution < 1.29 is 4.42 Å². The highest BCUT2D eigenvalue weighted by Gasteiger charge is 2.22. The molecule has 0 aliphatic carbocycles. The molecule has 0 spiro atoms. The topological polar surface area (TPSA) is 28.7 Å². The first-order valence-corrected chi connectivity index (χ1v) is 8.65. The lowest BCUT2D eigenvalue weighted by Crippen LogP contribution is -2.31. The number of fused-ring (bicyclic) bond motifs is 3. The third-order valence-electron chi connectivity index (χ3n) is 5.17. The van der Waals surface area contributed by atoms with E-state index in [9.17, 15) is 0 Å². The van der Waals surface area contributed by atoms with E-state index in [-0.39, 0.29) is 0 Å². The zero-order valence-corrected chi connectivity index (χ0v) is 14.1. The molecule has 0 amide bonds. The van der Waals surface area contributed by atoms with Crippen LogP contribution in [0.3, 0.4) is 0 Å². The summed E-state index contributed by atoms with van der Waals surface area (Å²) in [4.78, 5) is 7.04. The monoisotopic (exact) mass is 308 g/mol. The Labute approximate surface area is 137 Å². The van der Waals surface area contributed by atoms with Crippen molar-refractivity contribution in [3.63, 3.8) is 0 Å². The third-order valence-corrected chi connectivity index (χ3v) is 5.17. The van der Waals surface area contributed by atoms with Crippen LogP contribution >= 0.6 is 0 Å². The molecule has 3 nitrogen and oxygen atoms in total.